The van der Waals surface area contributed by atoms with Crippen LogP contribution in [0.2, 0.25) is 0 Å². The zero-order chi connectivity index (χ0) is 53.8. The number of hydrogen-bond donors (Lipinski definition) is 1. The number of carbonyl (C=O) groups excluding carboxylic acids is 8. The number of benzene rings is 4. The van der Waals surface area contributed by atoms with Crippen molar-refractivity contribution in [1.29, 1.82) is 0 Å². The molecule has 7 rings (SSSR count). The molecular formula is C53H54O22. The van der Waals surface area contributed by atoms with Crippen molar-refractivity contribution in [2.45, 2.75) is 121 Å². The van der Waals surface area contributed by atoms with Crippen molar-refractivity contribution in [1.82, 2.24) is 0 Å². The van der Waals surface area contributed by atoms with E-state index in [1.54, 1.807) is 72.8 Å². The fraction of sp³-hybridized carbons (Fsp3) is 0.396. The van der Waals surface area contributed by atoms with Crippen LogP contribution in [-0.2, 0) is 80.8 Å². The predicted molar refractivity (Wildman–Crippen MR) is 251 cm³/mol. The van der Waals surface area contributed by atoms with E-state index in [4.69, 9.17) is 61.6 Å². The maximum atomic E-state index is 14.0. The van der Waals surface area contributed by atoms with Crippen molar-refractivity contribution in [3.05, 3.63) is 144 Å². The Bertz CT molecular complexity index is 2620. The maximum Gasteiger partial charge on any atom is 0.338 e. The molecule has 4 aromatic rings. The van der Waals surface area contributed by atoms with E-state index in [1.165, 1.54) is 55.5 Å². The molecule has 0 spiro atoms. The number of rotatable bonds is 18. The molecule has 14 atom stereocenters. The highest BCUT2D eigenvalue weighted by atomic mass is 16.8. The summed E-state index contributed by atoms with van der Waals surface area (Å²) in [5.74, 6) is -7.28. The van der Waals surface area contributed by atoms with Gasteiger partial charge in [-0.2, -0.15) is 0 Å². The van der Waals surface area contributed by atoms with Crippen LogP contribution in [0.5, 0.6) is 0 Å². The Morgan fingerprint density at radius 2 is 0.733 bits per heavy atom. The number of carbonyl (C=O) groups is 8. The number of ether oxygens (including phenoxy) is 13. The van der Waals surface area contributed by atoms with Crippen LogP contribution in [0.4, 0.5) is 0 Å². The second-order valence-electron chi connectivity index (χ2n) is 17.2. The molecular weight excluding hydrogens is 989 g/mol. The monoisotopic (exact) mass is 1040 g/mol. The van der Waals surface area contributed by atoms with E-state index in [1.807, 2.05) is 0 Å². The molecule has 75 heavy (non-hydrogen) atoms. The topological polar surface area (TPSA) is 277 Å². The standard InChI is InChI=1S/C53H54O22/c1-28-39(74-52-45(73-50(61)36-24-16-9-17-25-36)41(71-48(59)34-20-12-7-13-21-34)38(70-52)27-64-47(58)33-18-10-6-11-19-33)42(44(51(62)65-28)72-49(60)35-22-14-8-15-23-35)75-53-46(68-32(5)57)43(67-31(4)56)40(66-30(3)55)37(69-53)26-63-29(2)54/h6-25,28,37-46,51-53,62H,26-27H2,1-5H3/t28-,37+,38-,39-,40+,41-,42+,43-,44+,45+,46+,51+,52-,53-/m0/s1. The highest BCUT2D eigenvalue weighted by Gasteiger charge is 2.59. The first-order valence-electron chi connectivity index (χ1n) is 23.6. The molecule has 3 aliphatic rings. The van der Waals surface area contributed by atoms with Crippen LogP contribution in [0.3, 0.4) is 0 Å². The Morgan fingerprint density at radius 3 is 1.17 bits per heavy atom. The molecule has 0 unspecified atom stereocenters. The smallest absolute Gasteiger partial charge is 0.338 e. The molecule has 4 aromatic carbocycles. The lowest BCUT2D eigenvalue weighted by Gasteiger charge is -2.48. The third-order valence-corrected chi connectivity index (χ3v) is 11.7. The molecule has 0 amide bonds. The lowest BCUT2D eigenvalue weighted by Crippen LogP contribution is -2.67. The van der Waals surface area contributed by atoms with Crippen LogP contribution in [0.25, 0.3) is 0 Å². The second-order valence-corrected chi connectivity index (χ2v) is 17.2. The average molecular weight is 1040 g/mol. The van der Waals surface area contributed by atoms with Gasteiger partial charge in [-0.25, -0.2) is 19.2 Å². The first kappa shape index (κ1) is 55.2. The van der Waals surface area contributed by atoms with Crippen LogP contribution in [0.1, 0.15) is 76.1 Å². The molecule has 398 valence electrons. The molecule has 22 nitrogen and oxygen atoms in total. The molecule has 3 heterocycles. The molecule has 0 aromatic heterocycles. The molecule has 0 aliphatic carbocycles. The summed E-state index contributed by atoms with van der Waals surface area (Å²) in [4.78, 5) is 105. The van der Waals surface area contributed by atoms with Gasteiger partial charge in [-0.15, -0.1) is 0 Å². The van der Waals surface area contributed by atoms with Gasteiger partial charge in [0.25, 0.3) is 0 Å². The van der Waals surface area contributed by atoms with Crippen LogP contribution in [0, 0.1) is 0 Å². The summed E-state index contributed by atoms with van der Waals surface area (Å²) in [6.45, 7) is 4.30. The number of aliphatic hydroxyl groups is 1. The normalized spacial score (nSPS) is 28.1. The third kappa shape index (κ3) is 14.4. The van der Waals surface area contributed by atoms with E-state index >= 15 is 0 Å². The molecule has 0 radical (unpaired) electrons. The lowest BCUT2D eigenvalue weighted by molar-refractivity contribution is -0.366. The summed E-state index contributed by atoms with van der Waals surface area (Å²) in [6.07, 6.45) is -24.0. The van der Waals surface area contributed by atoms with Gasteiger partial charge < -0.3 is 66.7 Å². The van der Waals surface area contributed by atoms with Gasteiger partial charge in [0.2, 0.25) is 0 Å². The number of aliphatic hydroxyl groups excluding tert-OH is 1. The molecule has 3 fully saturated rings. The van der Waals surface area contributed by atoms with E-state index in [0.29, 0.717) is 0 Å². The highest BCUT2D eigenvalue weighted by Crippen LogP contribution is 2.38. The van der Waals surface area contributed by atoms with Crippen molar-refractivity contribution in [3.8, 4) is 0 Å². The summed E-state index contributed by atoms with van der Waals surface area (Å²) in [5.41, 5.74) is 0.311. The summed E-state index contributed by atoms with van der Waals surface area (Å²) in [7, 11) is 0. The minimum Gasteiger partial charge on any atom is -0.463 e. The minimum atomic E-state index is -2.02. The fourth-order valence-corrected chi connectivity index (χ4v) is 8.38. The van der Waals surface area contributed by atoms with Gasteiger partial charge in [-0.3, -0.25) is 19.2 Å². The first-order valence-corrected chi connectivity index (χ1v) is 23.6. The van der Waals surface area contributed by atoms with E-state index < -0.39 is 147 Å². The number of esters is 8. The first-order chi connectivity index (χ1) is 36.0. The largest absolute Gasteiger partial charge is 0.463 e. The van der Waals surface area contributed by atoms with E-state index in [-0.39, 0.29) is 22.3 Å². The Morgan fingerprint density at radius 1 is 0.387 bits per heavy atom. The SMILES string of the molecule is CC(=O)OC[C@H]1O[C@@H](O[C@@H]2[C@@H](O[C@@H]3O[C@@H](COC(=O)c4ccccc4)[C@H](OC(=O)c4ccccc4)[C@H]3OC(=O)c3ccccc3)[C@H](C)O[C@@H](O)[C@@H]2OC(=O)c2ccccc2)[C@H](OC(C)=O)[C@@H](OC(C)=O)[C@@H]1OC(C)=O. The van der Waals surface area contributed by atoms with Gasteiger partial charge in [0.15, 0.2) is 55.5 Å². The molecule has 3 aliphatic heterocycles. The van der Waals surface area contributed by atoms with Gasteiger partial charge in [-0.1, -0.05) is 72.8 Å². The van der Waals surface area contributed by atoms with Crippen LogP contribution < -0.4 is 0 Å². The zero-order valence-corrected chi connectivity index (χ0v) is 41.1. The Balaban J connectivity index is 1.32. The van der Waals surface area contributed by atoms with E-state index in [9.17, 15) is 43.5 Å². The lowest BCUT2D eigenvalue weighted by atomic mass is 9.96. The van der Waals surface area contributed by atoms with Crippen molar-refractivity contribution >= 4 is 47.8 Å². The van der Waals surface area contributed by atoms with Crippen LogP contribution >= 0.6 is 0 Å². The Hall–Kier alpha value is -7.60. The van der Waals surface area contributed by atoms with Gasteiger partial charge in [0, 0.05) is 27.7 Å². The maximum absolute atomic E-state index is 14.0. The summed E-state index contributed by atoms with van der Waals surface area (Å²) in [5, 5.41) is 11.7. The van der Waals surface area contributed by atoms with Gasteiger partial charge in [0.1, 0.15) is 37.6 Å². The van der Waals surface area contributed by atoms with Gasteiger partial charge in [-0.05, 0) is 55.5 Å². The predicted octanol–water partition coefficient (Wildman–Crippen LogP) is 3.84. The fourth-order valence-electron chi connectivity index (χ4n) is 8.38. The summed E-state index contributed by atoms with van der Waals surface area (Å²) >= 11 is 0. The van der Waals surface area contributed by atoms with Gasteiger partial charge >= 0.3 is 47.8 Å². The molecule has 3 saturated heterocycles. The average Bonchev–Trinajstić information content (AvgIpc) is 3.70. The van der Waals surface area contributed by atoms with Gasteiger partial charge in [0.05, 0.1) is 28.4 Å². The number of hydrogen-bond acceptors (Lipinski definition) is 22. The zero-order valence-electron chi connectivity index (χ0n) is 41.1. The summed E-state index contributed by atoms with van der Waals surface area (Å²) in [6, 6.07) is 31.0. The Kier molecular flexibility index (Phi) is 18.8. The minimum absolute atomic E-state index is 0.00909. The van der Waals surface area contributed by atoms with Crippen molar-refractivity contribution in [3.63, 3.8) is 0 Å². The summed E-state index contributed by atoms with van der Waals surface area (Å²) < 4.78 is 77.7. The molecule has 1 N–H and O–H groups in total. The van der Waals surface area contributed by atoms with Crippen molar-refractivity contribution in [2.24, 2.45) is 0 Å². The van der Waals surface area contributed by atoms with Crippen molar-refractivity contribution < 1.29 is 105 Å². The third-order valence-electron chi connectivity index (χ3n) is 11.7. The highest BCUT2D eigenvalue weighted by molar-refractivity contribution is 5.91. The Labute approximate surface area is 429 Å². The quantitative estimate of drug-likeness (QED) is 0.109. The molecule has 22 heteroatoms. The molecule has 0 saturated carbocycles. The van der Waals surface area contributed by atoms with Crippen molar-refractivity contribution in [2.75, 3.05) is 13.2 Å². The van der Waals surface area contributed by atoms with E-state index in [2.05, 4.69) is 0 Å². The van der Waals surface area contributed by atoms with E-state index in [0.717, 1.165) is 27.7 Å². The van der Waals surface area contributed by atoms with Crippen LogP contribution in [0.15, 0.2) is 121 Å². The molecule has 0 bridgehead atoms. The second kappa shape index (κ2) is 25.6. The van der Waals surface area contributed by atoms with Crippen LogP contribution in [-0.4, -0.2) is 152 Å².